The molecular weight excluding hydrogens is 264 g/mol. The summed E-state index contributed by atoms with van der Waals surface area (Å²) in [5.41, 5.74) is 1.53. The van der Waals surface area contributed by atoms with E-state index in [0.29, 0.717) is 18.2 Å². The van der Waals surface area contributed by atoms with Crippen molar-refractivity contribution in [2.75, 3.05) is 26.2 Å². The molecule has 0 atom stereocenters. The van der Waals surface area contributed by atoms with E-state index in [9.17, 15) is 4.79 Å². The van der Waals surface area contributed by atoms with Gasteiger partial charge in [-0.3, -0.25) is 9.89 Å². The van der Waals surface area contributed by atoms with Crippen molar-refractivity contribution in [3.05, 3.63) is 17.5 Å². The van der Waals surface area contributed by atoms with Crippen molar-refractivity contribution in [3.63, 3.8) is 0 Å². The van der Waals surface area contributed by atoms with Crippen LogP contribution in [0.25, 0.3) is 0 Å². The second-order valence-corrected chi connectivity index (χ2v) is 6.39. The molecule has 1 aromatic heterocycles. The average molecular weight is 292 g/mol. The van der Waals surface area contributed by atoms with Crippen molar-refractivity contribution in [1.29, 1.82) is 0 Å². The van der Waals surface area contributed by atoms with E-state index in [2.05, 4.69) is 34.3 Å². The van der Waals surface area contributed by atoms with Gasteiger partial charge in [0.25, 0.3) is 5.91 Å². The third-order valence-electron chi connectivity index (χ3n) is 3.90. The Hall–Kier alpha value is -1.36. The van der Waals surface area contributed by atoms with Gasteiger partial charge in [0.05, 0.1) is 0 Å². The first-order valence-electron chi connectivity index (χ1n) is 8.20. The van der Waals surface area contributed by atoms with E-state index >= 15 is 0 Å². The van der Waals surface area contributed by atoms with Gasteiger partial charge in [0.1, 0.15) is 5.69 Å². The summed E-state index contributed by atoms with van der Waals surface area (Å²) in [4.78, 5) is 14.5. The van der Waals surface area contributed by atoms with E-state index in [4.69, 9.17) is 0 Å². The molecule has 21 heavy (non-hydrogen) atoms. The Bertz CT molecular complexity index is 433. The number of hydrogen-bond acceptors (Lipinski definition) is 3. The van der Waals surface area contributed by atoms with Gasteiger partial charge in [0, 0.05) is 18.8 Å². The van der Waals surface area contributed by atoms with Crippen LogP contribution in [-0.4, -0.2) is 47.2 Å². The molecule has 0 aromatic carbocycles. The lowest BCUT2D eigenvalue weighted by Crippen LogP contribution is -2.35. The zero-order chi connectivity index (χ0) is 15.1. The van der Waals surface area contributed by atoms with Gasteiger partial charge in [-0.2, -0.15) is 5.10 Å². The number of nitrogens with zero attached hydrogens (tertiary/aromatic N) is 2. The Labute approximate surface area is 127 Å². The third kappa shape index (κ3) is 5.50. The molecule has 5 heteroatoms. The second kappa shape index (κ2) is 8.17. The lowest BCUT2D eigenvalue weighted by atomic mass is 10.1. The second-order valence-electron chi connectivity index (χ2n) is 6.39. The minimum Gasteiger partial charge on any atom is -0.349 e. The van der Waals surface area contributed by atoms with Crippen molar-refractivity contribution >= 4 is 5.91 Å². The average Bonchev–Trinajstić information content (AvgIpc) is 2.74. The van der Waals surface area contributed by atoms with Gasteiger partial charge in [-0.1, -0.05) is 26.7 Å². The van der Waals surface area contributed by atoms with Gasteiger partial charge in [-0.15, -0.1) is 0 Å². The van der Waals surface area contributed by atoms with E-state index in [1.165, 1.54) is 25.7 Å². The summed E-state index contributed by atoms with van der Waals surface area (Å²) in [7, 11) is 0. The first-order valence-corrected chi connectivity index (χ1v) is 8.20. The summed E-state index contributed by atoms with van der Waals surface area (Å²) < 4.78 is 0. The van der Waals surface area contributed by atoms with E-state index < -0.39 is 0 Å². The normalized spacial score (nSPS) is 16.9. The highest BCUT2D eigenvalue weighted by Crippen LogP contribution is 2.09. The number of amides is 1. The van der Waals surface area contributed by atoms with Crippen LogP contribution < -0.4 is 5.32 Å². The van der Waals surface area contributed by atoms with Gasteiger partial charge < -0.3 is 10.2 Å². The number of likely N-dealkylation sites (tertiary alicyclic amines) is 1. The molecule has 0 saturated carbocycles. The first-order chi connectivity index (χ1) is 10.1. The molecule has 1 aromatic rings. The van der Waals surface area contributed by atoms with Crippen LogP contribution in [-0.2, 0) is 6.42 Å². The molecule has 2 N–H and O–H groups in total. The Kier molecular flexibility index (Phi) is 6.23. The van der Waals surface area contributed by atoms with Gasteiger partial charge in [-0.25, -0.2) is 0 Å². The Morgan fingerprint density at radius 1 is 1.33 bits per heavy atom. The number of aromatic amines is 1. The fourth-order valence-electron chi connectivity index (χ4n) is 2.80. The maximum absolute atomic E-state index is 12.0. The number of aromatic nitrogens is 2. The van der Waals surface area contributed by atoms with Crippen LogP contribution >= 0.6 is 0 Å². The molecule has 1 amide bonds. The molecule has 0 radical (unpaired) electrons. The lowest BCUT2D eigenvalue weighted by molar-refractivity contribution is 0.0943. The Morgan fingerprint density at radius 2 is 2.05 bits per heavy atom. The smallest absolute Gasteiger partial charge is 0.271 e. The molecule has 1 fully saturated rings. The molecule has 0 bridgehead atoms. The fourth-order valence-corrected chi connectivity index (χ4v) is 2.80. The van der Waals surface area contributed by atoms with E-state index in [0.717, 1.165) is 31.7 Å². The van der Waals surface area contributed by atoms with E-state index in [1.807, 2.05) is 6.07 Å². The molecule has 2 rings (SSSR count). The maximum atomic E-state index is 12.0. The zero-order valence-corrected chi connectivity index (χ0v) is 13.3. The highest BCUT2D eigenvalue weighted by molar-refractivity contribution is 5.92. The lowest BCUT2D eigenvalue weighted by Gasteiger charge is -2.19. The number of carbonyl (C=O) groups excluding carboxylic acids is 1. The van der Waals surface area contributed by atoms with Crippen LogP contribution in [0.15, 0.2) is 6.07 Å². The van der Waals surface area contributed by atoms with Crippen LogP contribution in [0.3, 0.4) is 0 Å². The maximum Gasteiger partial charge on any atom is 0.271 e. The summed E-state index contributed by atoms with van der Waals surface area (Å²) >= 11 is 0. The zero-order valence-electron chi connectivity index (χ0n) is 13.3. The number of hydrogen-bond donors (Lipinski definition) is 2. The molecule has 0 aliphatic carbocycles. The monoisotopic (exact) mass is 292 g/mol. The largest absolute Gasteiger partial charge is 0.349 e. The molecule has 1 saturated heterocycles. The first kappa shape index (κ1) is 16.0. The molecule has 118 valence electrons. The topological polar surface area (TPSA) is 61.0 Å². The Morgan fingerprint density at radius 3 is 2.71 bits per heavy atom. The van der Waals surface area contributed by atoms with Crippen LogP contribution in [0.5, 0.6) is 0 Å². The molecule has 1 aliphatic heterocycles. The van der Waals surface area contributed by atoms with Crippen molar-refractivity contribution in [2.45, 2.75) is 46.0 Å². The summed E-state index contributed by atoms with van der Waals surface area (Å²) in [5.74, 6) is 0.487. The van der Waals surface area contributed by atoms with E-state index in [-0.39, 0.29) is 5.91 Å². The predicted octanol–water partition coefficient (Wildman–Crippen LogP) is 2.21. The van der Waals surface area contributed by atoms with Crippen LogP contribution in [0, 0.1) is 5.92 Å². The van der Waals surface area contributed by atoms with Crippen LogP contribution in [0.1, 0.15) is 55.7 Å². The van der Waals surface area contributed by atoms with Crippen LogP contribution in [0.4, 0.5) is 0 Å². The van der Waals surface area contributed by atoms with Crippen molar-refractivity contribution < 1.29 is 4.79 Å². The van der Waals surface area contributed by atoms with Gasteiger partial charge in [0.2, 0.25) is 0 Å². The summed E-state index contributed by atoms with van der Waals surface area (Å²) in [6.45, 7) is 8.28. The van der Waals surface area contributed by atoms with Crippen molar-refractivity contribution in [1.82, 2.24) is 20.4 Å². The summed E-state index contributed by atoms with van der Waals surface area (Å²) in [5, 5.41) is 10.0. The number of H-pyrrole nitrogens is 1. The molecular formula is C16H28N4O. The minimum absolute atomic E-state index is 0.0731. The third-order valence-corrected chi connectivity index (χ3v) is 3.90. The quantitative estimate of drug-likeness (QED) is 0.845. The molecule has 0 unspecified atom stereocenters. The number of rotatable bonds is 6. The van der Waals surface area contributed by atoms with E-state index in [1.54, 1.807) is 0 Å². The molecule has 1 aliphatic rings. The van der Waals surface area contributed by atoms with Gasteiger partial charge >= 0.3 is 0 Å². The van der Waals surface area contributed by atoms with Crippen molar-refractivity contribution in [2.24, 2.45) is 5.92 Å². The highest BCUT2D eigenvalue weighted by Gasteiger charge is 2.12. The fraction of sp³-hybridized carbons (Fsp3) is 0.750. The number of carbonyl (C=O) groups is 1. The molecule has 2 heterocycles. The van der Waals surface area contributed by atoms with Gasteiger partial charge in [0.15, 0.2) is 0 Å². The number of nitrogens with one attached hydrogen (secondary N) is 2. The van der Waals surface area contributed by atoms with Crippen molar-refractivity contribution in [3.8, 4) is 0 Å². The summed E-state index contributed by atoms with van der Waals surface area (Å²) in [6, 6.07) is 1.86. The minimum atomic E-state index is -0.0731. The van der Waals surface area contributed by atoms with Gasteiger partial charge in [-0.05, 0) is 44.3 Å². The molecule has 0 spiro atoms. The predicted molar refractivity (Wildman–Crippen MR) is 84.4 cm³/mol. The summed E-state index contributed by atoms with van der Waals surface area (Å²) in [6.07, 6.45) is 6.18. The standard InChI is InChI=1S/C16H28N4O/c1-13(2)11-14-12-15(19-18-14)16(21)17-7-10-20-8-5-3-4-6-9-20/h12-13H,3-11H2,1-2H3,(H,17,21)(H,18,19). The Balaban J connectivity index is 1.72. The molecule has 5 nitrogen and oxygen atoms in total. The highest BCUT2D eigenvalue weighted by atomic mass is 16.1. The SMILES string of the molecule is CC(C)Cc1cc(C(=O)NCCN2CCCCCC2)n[nH]1. The van der Waals surface area contributed by atoms with Crippen LogP contribution in [0.2, 0.25) is 0 Å².